The van der Waals surface area contributed by atoms with Crippen LogP contribution >= 0.6 is 7.82 Å². The lowest BCUT2D eigenvalue weighted by molar-refractivity contribution is -0.220. The van der Waals surface area contributed by atoms with E-state index in [-0.39, 0.29) is 12.8 Å². The second-order valence-corrected chi connectivity index (χ2v) is 18.7. The summed E-state index contributed by atoms with van der Waals surface area (Å²) in [5.74, 6) is -1.10. The first-order chi connectivity index (χ1) is 29.9. The molecule has 1 aliphatic carbocycles. The van der Waals surface area contributed by atoms with Crippen LogP contribution in [-0.2, 0) is 32.7 Å². The van der Waals surface area contributed by atoms with Gasteiger partial charge in [0.15, 0.2) is 6.10 Å². The van der Waals surface area contributed by atoms with Gasteiger partial charge in [-0.25, -0.2) is 4.57 Å². The third kappa shape index (κ3) is 30.5. The molecule has 0 amide bonds. The molecule has 1 aliphatic rings. The number of phosphoric acid groups is 1. The topological polar surface area (TPSA) is 210 Å². The molecule has 14 heteroatoms. The summed E-state index contributed by atoms with van der Waals surface area (Å²) in [7, 11) is -5.12. The van der Waals surface area contributed by atoms with Gasteiger partial charge in [0.2, 0.25) is 0 Å². The number of ether oxygens (including phenoxy) is 2. The molecule has 0 aromatic rings. The van der Waals surface area contributed by atoms with Crippen LogP contribution in [-0.4, -0.2) is 98.3 Å². The maximum Gasteiger partial charge on any atom is 0.472 e. The molecular formula is C48H89O13P. The van der Waals surface area contributed by atoms with Crippen LogP contribution in [0.3, 0.4) is 0 Å². The predicted molar refractivity (Wildman–Crippen MR) is 244 cm³/mol. The molecule has 0 heterocycles. The summed E-state index contributed by atoms with van der Waals surface area (Å²) in [6, 6.07) is 0. The smallest absolute Gasteiger partial charge is 0.462 e. The number of aliphatic hydroxyl groups excluding tert-OH is 5. The highest BCUT2D eigenvalue weighted by atomic mass is 31.2. The standard InChI is InChI=1S/C48H89O13P/c1-3-5-7-9-11-13-15-17-19-21-23-25-27-29-31-33-35-37-42(50)60-40(39-59-62(56,57)61-48-46(54)44(52)43(51)45(53)47(48)55)38-58-41(49)36-34-32-30-28-26-24-22-20-18-16-14-12-10-8-6-4-2/h11,13,17,19,40,43-48,51-55H,3-10,12,14-16,18,20-39H2,1-2H3,(H,56,57)/b13-11-,19-17-/t40-,43?,44-,45?,46?,47?,48?/m1/s1. The van der Waals surface area contributed by atoms with E-state index in [0.29, 0.717) is 12.8 Å². The van der Waals surface area contributed by atoms with Gasteiger partial charge in [-0.2, -0.15) is 0 Å². The van der Waals surface area contributed by atoms with E-state index in [4.69, 9.17) is 18.5 Å². The molecule has 364 valence electrons. The SMILES string of the molecule is CCCCC/C=C\C/C=C\CCCCCCCCCC(=O)O[C@H](COC(=O)CCCCCCCCCCCCCCCCCC)COP(=O)(O)OC1C(O)C(O)C(O)[C@@H](O)C1O. The van der Waals surface area contributed by atoms with Crippen molar-refractivity contribution in [2.45, 2.75) is 256 Å². The Labute approximate surface area is 375 Å². The molecule has 0 aromatic carbocycles. The summed E-state index contributed by atoms with van der Waals surface area (Å²) >= 11 is 0. The molecule has 6 N–H and O–H groups in total. The van der Waals surface area contributed by atoms with Gasteiger partial charge in [0.25, 0.3) is 0 Å². The Morgan fingerprint density at radius 2 is 0.871 bits per heavy atom. The Morgan fingerprint density at radius 3 is 1.34 bits per heavy atom. The molecule has 0 aliphatic heterocycles. The maximum atomic E-state index is 12.8. The monoisotopic (exact) mass is 905 g/mol. The molecule has 0 spiro atoms. The van der Waals surface area contributed by atoms with Gasteiger partial charge in [-0.05, 0) is 44.9 Å². The van der Waals surface area contributed by atoms with Crippen LogP contribution in [0.15, 0.2) is 24.3 Å². The molecule has 1 saturated carbocycles. The fraction of sp³-hybridized carbons (Fsp3) is 0.875. The van der Waals surface area contributed by atoms with Gasteiger partial charge in [0.1, 0.15) is 43.2 Å². The molecule has 1 rings (SSSR count). The minimum absolute atomic E-state index is 0.0906. The van der Waals surface area contributed by atoms with Crippen LogP contribution in [0.4, 0.5) is 0 Å². The highest BCUT2D eigenvalue weighted by molar-refractivity contribution is 7.47. The predicted octanol–water partition coefficient (Wildman–Crippen LogP) is 10.0. The van der Waals surface area contributed by atoms with E-state index >= 15 is 0 Å². The normalized spacial score (nSPS) is 22.0. The number of carbonyl (C=O) groups excluding carboxylic acids is 2. The van der Waals surface area contributed by atoms with Crippen molar-refractivity contribution in [2.75, 3.05) is 13.2 Å². The van der Waals surface area contributed by atoms with E-state index in [1.54, 1.807) is 0 Å². The third-order valence-electron chi connectivity index (χ3n) is 11.5. The van der Waals surface area contributed by atoms with Gasteiger partial charge in [-0.3, -0.25) is 18.6 Å². The quantitative estimate of drug-likeness (QED) is 0.0146. The first-order valence-electron chi connectivity index (χ1n) is 24.6. The van der Waals surface area contributed by atoms with Crippen LogP contribution < -0.4 is 0 Å². The Bertz CT molecular complexity index is 1180. The number of unbranched alkanes of at least 4 members (excludes halogenated alkanes) is 25. The second kappa shape index (κ2) is 38.6. The van der Waals surface area contributed by atoms with Crippen molar-refractivity contribution < 1.29 is 63.1 Å². The Morgan fingerprint density at radius 1 is 0.500 bits per heavy atom. The van der Waals surface area contributed by atoms with Gasteiger partial charge in [-0.15, -0.1) is 0 Å². The maximum absolute atomic E-state index is 12.8. The Hall–Kier alpha value is -1.67. The lowest BCUT2D eigenvalue weighted by Gasteiger charge is -2.41. The van der Waals surface area contributed by atoms with Crippen molar-refractivity contribution in [3.05, 3.63) is 24.3 Å². The van der Waals surface area contributed by atoms with E-state index in [0.717, 1.165) is 77.0 Å². The van der Waals surface area contributed by atoms with Crippen molar-refractivity contribution in [1.29, 1.82) is 0 Å². The van der Waals surface area contributed by atoms with Crippen molar-refractivity contribution in [3.63, 3.8) is 0 Å². The van der Waals surface area contributed by atoms with E-state index in [1.807, 2.05) is 0 Å². The van der Waals surface area contributed by atoms with Gasteiger partial charge in [-0.1, -0.05) is 179 Å². The molecule has 0 saturated heterocycles. The van der Waals surface area contributed by atoms with E-state index < -0.39 is 75.7 Å². The minimum Gasteiger partial charge on any atom is -0.462 e. The summed E-state index contributed by atoms with van der Waals surface area (Å²) < 4.78 is 33.6. The number of phosphoric ester groups is 1. The zero-order valence-corrected chi connectivity index (χ0v) is 39.6. The first-order valence-corrected chi connectivity index (χ1v) is 26.1. The number of allylic oxidation sites excluding steroid dienone is 4. The summed E-state index contributed by atoms with van der Waals surface area (Å²) in [6.45, 7) is 3.29. The fourth-order valence-corrected chi connectivity index (χ4v) is 8.53. The summed E-state index contributed by atoms with van der Waals surface area (Å²) in [6.07, 6.45) is 29.3. The molecular weight excluding hydrogens is 815 g/mol. The van der Waals surface area contributed by atoms with Crippen molar-refractivity contribution in [2.24, 2.45) is 0 Å². The summed E-state index contributed by atoms with van der Waals surface area (Å²) in [4.78, 5) is 35.8. The van der Waals surface area contributed by atoms with Crippen molar-refractivity contribution in [3.8, 4) is 0 Å². The number of hydrogen-bond acceptors (Lipinski definition) is 12. The Kier molecular flexibility index (Phi) is 36.3. The number of esters is 2. The summed E-state index contributed by atoms with van der Waals surface area (Å²) in [5, 5.41) is 50.2. The van der Waals surface area contributed by atoms with Crippen LogP contribution in [0.2, 0.25) is 0 Å². The molecule has 1 fully saturated rings. The highest BCUT2D eigenvalue weighted by Crippen LogP contribution is 2.47. The number of aliphatic hydroxyl groups is 5. The molecule has 13 nitrogen and oxygen atoms in total. The average molecular weight is 905 g/mol. The van der Waals surface area contributed by atoms with Crippen LogP contribution in [0, 0.1) is 0 Å². The van der Waals surface area contributed by atoms with Crippen LogP contribution in [0.25, 0.3) is 0 Å². The zero-order chi connectivity index (χ0) is 45.7. The lowest BCUT2D eigenvalue weighted by Crippen LogP contribution is -2.64. The van der Waals surface area contributed by atoms with E-state index in [1.165, 1.54) is 96.3 Å². The molecule has 8 atom stereocenters. The average Bonchev–Trinajstić information content (AvgIpc) is 3.25. The summed E-state index contributed by atoms with van der Waals surface area (Å²) in [5.41, 5.74) is 0. The van der Waals surface area contributed by atoms with Crippen molar-refractivity contribution in [1.82, 2.24) is 0 Å². The molecule has 0 bridgehead atoms. The van der Waals surface area contributed by atoms with Gasteiger partial charge in [0, 0.05) is 12.8 Å². The molecule has 0 radical (unpaired) electrons. The zero-order valence-electron chi connectivity index (χ0n) is 38.7. The molecule has 6 unspecified atom stereocenters. The first kappa shape index (κ1) is 58.3. The van der Waals surface area contributed by atoms with Gasteiger partial charge >= 0.3 is 19.8 Å². The molecule has 0 aromatic heterocycles. The Balaban J connectivity index is 2.43. The lowest BCUT2D eigenvalue weighted by atomic mass is 9.85. The molecule has 62 heavy (non-hydrogen) atoms. The van der Waals surface area contributed by atoms with Crippen LogP contribution in [0.5, 0.6) is 0 Å². The van der Waals surface area contributed by atoms with Crippen LogP contribution in [0.1, 0.15) is 213 Å². The number of rotatable bonds is 41. The largest absolute Gasteiger partial charge is 0.472 e. The van der Waals surface area contributed by atoms with Crippen molar-refractivity contribution >= 4 is 19.8 Å². The highest BCUT2D eigenvalue weighted by Gasteiger charge is 2.51. The number of hydrogen-bond donors (Lipinski definition) is 6. The third-order valence-corrected chi connectivity index (χ3v) is 12.5. The van der Waals surface area contributed by atoms with E-state index in [9.17, 15) is 44.6 Å². The van der Waals surface area contributed by atoms with E-state index in [2.05, 4.69) is 38.2 Å². The minimum atomic E-state index is -5.12. The second-order valence-electron chi connectivity index (χ2n) is 17.3. The van der Waals surface area contributed by atoms with Gasteiger partial charge < -0.3 is 39.9 Å². The fourth-order valence-electron chi connectivity index (χ4n) is 7.55. The number of carbonyl (C=O) groups is 2. The van der Waals surface area contributed by atoms with Gasteiger partial charge in [0.05, 0.1) is 6.61 Å².